The molecule has 0 saturated carbocycles. The Morgan fingerprint density at radius 1 is 1.45 bits per heavy atom. The van der Waals surface area contributed by atoms with Crippen LogP contribution in [0.25, 0.3) is 0 Å². The first-order valence-corrected chi connectivity index (χ1v) is 4.64. The van der Waals surface area contributed by atoms with E-state index in [1.54, 1.807) is 0 Å². The molecule has 0 amide bonds. The minimum Gasteiger partial charge on any atom is -0.380 e. The number of piperidine rings is 1. The average Bonchev–Trinajstić information content (AvgIpc) is 2.04. The predicted molar refractivity (Wildman–Crippen MR) is 46.7 cm³/mol. The smallest absolute Gasteiger partial charge is 0.0619 e. The number of ether oxygens (including phenoxy) is 1. The van der Waals surface area contributed by atoms with Gasteiger partial charge in [0.15, 0.2) is 0 Å². The van der Waals surface area contributed by atoms with E-state index < -0.39 is 0 Å². The summed E-state index contributed by atoms with van der Waals surface area (Å²) < 4.78 is 5.35. The van der Waals surface area contributed by atoms with Gasteiger partial charge in [0.1, 0.15) is 0 Å². The molecule has 1 rings (SSSR count). The van der Waals surface area contributed by atoms with Crippen LogP contribution < -0.4 is 5.32 Å². The van der Waals surface area contributed by atoms with Gasteiger partial charge < -0.3 is 10.1 Å². The van der Waals surface area contributed by atoms with Crippen LogP contribution in [0.15, 0.2) is 0 Å². The van der Waals surface area contributed by atoms with E-state index >= 15 is 0 Å². The molecule has 0 aromatic rings. The highest BCUT2D eigenvalue weighted by Gasteiger charge is 2.16. The summed E-state index contributed by atoms with van der Waals surface area (Å²) in [5.74, 6) is 0.855. The van der Waals surface area contributed by atoms with Crippen LogP contribution in [-0.2, 0) is 4.74 Å². The second-order valence-corrected chi connectivity index (χ2v) is 3.45. The quantitative estimate of drug-likeness (QED) is 0.669. The number of hydrogen-bond acceptors (Lipinski definition) is 2. The van der Waals surface area contributed by atoms with Gasteiger partial charge in [-0.05, 0) is 32.2 Å². The van der Waals surface area contributed by atoms with E-state index in [2.05, 4.69) is 12.2 Å². The van der Waals surface area contributed by atoms with Gasteiger partial charge in [0.05, 0.1) is 6.61 Å². The van der Waals surface area contributed by atoms with E-state index in [0.29, 0.717) is 6.04 Å². The molecule has 2 atom stereocenters. The van der Waals surface area contributed by atoms with Crippen LogP contribution in [0, 0.1) is 5.92 Å². The van der Waals surface area contributed by atoms with Crippen molar-refractivity contribution in [3.8, 4) is 0 Å². The van der Waals surface area contributed by atoms with Gasteiger partial charge in [-0.3, -0.25) is 0 Å². The summed E-state index contributed by atoms with van der Waals surface area (Å²) in [6.45, 7) is 7.24. The molecular formula is C9H19NO. The third-order valence-electron chi connectivity index (χ3n) is 2.29. The number of nitrogens with one attached hydrogen (secondary N) is 1. The van der Waals surface area contributed by atoms with Gasteiger partial charge in [-0.25, -0.2) is 0 Å². The van der Waals surface area contributed by atoms with Gasteiger partial charge in [0.2, 0.25) is 0 Å². The van der Waals surface area contributed by atoms with Crippen molar-refractivity contribution in [3.63, 3.8) is 0 Å². The van der Waals surface area contributed by atoms with Crippen LogP contribution in [0.2, 0.25) is 0 Å². The molecule has 2 heteroatoms. The first-order valence-electron chi connectivity index (χ1n) is 4.64. The lowest BCUT2D eigenvalue weighted by molar-refractivity contribution is 0.108. The Balaban J connectivity index is 2.07. The normalized spacial score (nSPS) is 32.2. The highest BCUT2D eigenvalue weighted by Crippen LogP contribution is 2.13. The monoisotopic (exact) mass is 157 g/mol. The molecule has 1 aliphatic rings. The first kappa shape index (κ1) is 9.01. The summed E-state index contributed by atoms with van der Waals surface area (Å²) in [6, 6.07) is 0.617. The molecule has 1 fully saturated rings. The lowest BCUT2D eigenvalue weighted by Crippen LogP contribution is -2.40. The lowest BCUT2D eigenvalue weighted by Gasteiger charge is -2.27. The third kappa shape index (κ3) is 3.21. The van der Waals surface area contributed by atoms with Gasteiger partial charge in [-0.1, -0.05) is 6.92 Å². The number of hydrogen-bond donors (Lipinski definition) is 1. The molecule has 0 spiro atoms. The minimum atomic E-state index is 0.617. The van der Waals surface area contributed by atoms with E-state index in [0.717, 1.165) is 25.7 Å². The second-order valence-electron chi connectivity index (χ2n) is 3.45. The van der Waals surface area contributed by atoms with Crippen LogP contribution in [0.4, 0.5) is 0 Å². The molecule has 11 heavy (non-hydrogen) atoms. The first-order chi connectivity index (χ1) is 5.33. The zero-order valence-electron chi connectivity index (χ0n) is 7.60. The number of rotatable bonds is 3. The Morgan fingerprint density at radius 2 is 2.27 bits per heavy atom. The maximum atomic E-state index is 5.35. The molecule has 1 saturated heterocycles. The Labute approximate surface area is 69.3 Å². The van der Waals surface area contributed by atoms with Gasteiger partial charge in [0.25, 0.3) is 0 Å². The zero-order valence-corrected chi connectivity index (χ0v) is 7.60. The molecule has 1 heterocycles. The van der Waals surface area contributed by atoms with Crippen molar-refractivity contribution in [2.24, 2.45) is 5.92 Å². The summed E-state index contributed by atoms with van der Waals surface area (Å²) >= 11 is 0. The van der Waals surface area contributed by atoms with Crippen LogP contribution in [0.1, 0.15) is 26.7 Å². The maximum absolute atomic E-state index is 5.35. The molecule has 0 radical (unpaired) electrons. The fourth-order valence-corrected chi connectivity index (χ4v) is 1.46. The highest BCUT2D eigenvalue weighted by molar-refractivity contribution is 4.75. The minimum absolute atomic E-state index is 0.617. The van der Waals surface area contributed by atoms with Gasteiger partial charge >= 0.3 is 0 Å². The van der Waals surface area contributed by atoms with Gasteiger partial charge in [-0.2, -0.15) is 0 Å². The summed E-state index contributed by atoms with van der Waals surface area (Å²) in [5, 5.41) is 3.48. The van der Waals surface area contributed by atoms with Crippen LogP contribution >= 0.6 is 0 Å². The standard InChI is InChI=1S/C9H19NO/c1-3-11-7-9-5-4-8(2)6-10-9/h8-10H,3-7H2,1-2H3. The van der Waals surface area contributed by atoms with E-state index in [1.165, 1.54) is 12.8 Å². The van der Waals surface area contributed by atoms with Crippen molar-refractivity contribution < 1.29 is 4.74 Å². The lowest BCUT2D eigenvalue weighted by atomic mass is 9.97. The van der Waals surface area contributed by atoms with E-state index in [1.807, 2.05) is 6.92 Å². The Kier molecular flexibility index (Phi) is 3.87. The van der Waals surface area contributed by atoms with Crippen LogP contribution in [0.3, 0.4) is 0 Å². The Morgan fingerprint density at radius 3 is 2.82 bits per heavy atom. The summed E-state index contributed by atoms with van der Waals surface area (Å²) in [5.41, 5.74) is 0. The highest BCUT2D eigenvalue weighted by atomic mass is 16.5. The van der Waals surface area contributed by atoms with Gasteiger partial charge in [-0.15, -0.1) is 0 Å². The summed E-state index contributed by atoms with van der Waals surface area (Å²) in [6.07, 6.45) is 2.63. The fourth-order valence-electron chi connectivity index (χ4n) is 1.46. The molecule has 0 aromatic heterocycles. The van der Waals surface area contributed by atoms with Crippen LogP contribution in [0.5, 0.6) is 0 Å². The van der Waals surface area contributed by atoms with E-state index in [4.69, 9.17) is 4.74 Å². The zero-order chi connectivity index (χ0) is 8.10. The van der Waals surface area contributed by atoms with E-state index in [9.17, 15) is 0 Å². The van der Waals surface area contributed by atoms with Crippen molar-refractivity contribution in [3.05, 3.63) is 0 Å². The molecule has 0 aromatic carbocycles. The predicted octanol–water partition coefficient (Wildman–Crippen LogP) is 1.41. The Bertz CT molecular complexity index is 95.0. The van der Waals surface area contributed by atoms with Crippen molar-refractivity contribution in [1.82, 2.24) is 5.32 Å². The molecule has 66 valence electrons. The molecule has 1 N–H and O–H groups in total. The molecule has 1 aliphatic heterocycles. The van der Waals surface area contributed by atoms with Crippen molar-refractivity contribution in [2.45, 2.75) is 32.7 Å². The van der Waals surface area contributed by atoms with Crippen LogP contribution in [-0.4, -0.2) is 25.8 Å². The maximum Gasteiger partial charge on any atom is 0.0619 e. The fraction of sp³-hybridized carbons (Fsp3) is 1.00. The largest absolute Gasteiger partial charge is 0.380 e. The average molecular weight is 157 g/mol. The third-order valence-corrected chi connectivity index (χ3v) is 2.29. The second kappa shape index (κ2) is 4.73. The van der Waals surface area contributed by atoms with Gasteiger partial charge in [0, 0.05) is 12.6 Å². The SMILES string of the molecule is CCOCC1CCC(C)CN1. The molecular weight excluding hydrogens is 138 g/mol. The summed E-state index contributed by atoms with van der Waals surface area (Å²) in [7, 11) is 0. The molecule has 2 nitrogen and oxygen atoms in total. The molecule has 2 unspecified atom stereocenters. The molecule has 0 aliphatic carbocycles. The molecule has 0 bridgehead atoms. The topological polar surface area (TPSA) is 21.3 Å². The Hall–Kier alpha value is -0.0800. The summed E-state index contributed by atoms with van der Waals surface area (Å²) in [4.78, 5) is 0. The van der Waals surface area contributed by atoms with E-state index in [-0.39, 0.29) is 0 Å². The van der Waals surface area contributed by atoms with Crippen molar-refractivity contribution in [1.29, 1.82) is 0 Å². The van der Waals surface area contributed by atoms with Crippen molar-refractivity contribution >= 4 is 0 Å². The van der Waals surface area contributed by atoms with Crippen molar-refractivity contribution in [2.75, 3.05) is 19.8 Å².